The molecule has 0 unspecified atom stereocenters. The first-order valence-electron chi connectivity index (χ1n) is 11.1. The van der Waals surface area contributed by atoms with Gasteiger partial charge in [0.1, 0.15) is 5.75 Å². The Labute approximate surface area is 198 Å². The number of hydrogen-bond acceptors (Lipinski definition) is 3. The summed E-state index contributed by atoms with van der Waals surface area (Å²) >= 11 is 0. The molecule has 6 heteroatoms. The van der Waals surface area contributed by atoms with Gasteiger partial charge in [0.25, 0.3) is 5.91 Å². The van der Waals surface area contributed by atoms with Gasteiger partial charge < -0.3 is 14.2 Å². The highest BCUT2D eigenvalue weighted by atomic mass is 16.5. The van der Waals surface area contributed by atoms with Crippen molar-refractivity contribution in [3.05, 3.63) is 102 Å². The van der Waals surface area contributed by atoms with E-state index in [0.717, 1.165) is 44.7 Å². The number of carbonyl (C=O) groups excluding carboxylic acids is 1. The third kappa shape index (κ3) is 3.83. The molecule has 0 aliphatic heterocycles. The number of nitrogens with zero attached hydrogens (tertiary/aromatic N) is 3. The van der Waals surface area contributed by atoms with E-state index in [-0.39, 0.29) is 5.91 Å². The Kier molecular flexibility index (Phi) is 5.64. The Hall–Kier alpha value is -4.32. The number of anilines is 1. The van der Waals surface area contributed by atoms with Crippen molar-refractivity contribution >= 4 is 22.5 Å². The van der Waals surface area contributed by atoms with E-state index in [0.29, 0.717) is 12.1 Å². The van der Waals surface area contributed by atoms with E-state index in [1.807, 2.05) is 102 Å². The molecule has 2 heterocycles. The summed E-state index contributed by atoms with van der Waals surface area (Å²) in [4.78, 5) is 16.1. The molecule has 0 radical (unpaired) electrons. The minimum absolute atomic E-state index is 0.0642. The molecule has 0 atom stereocenters. The summed E-state index contributed by atoms with van der Waals surface area (Å²) in [7, 11) is 3.62. The second kappa shape index (κ2) is 8.90. The number of carbonyl (C=O) groups is 1. The Morgan fingerprint density at radius 2 is 1.82 bits per heavy atom. The molecular weight excluding hydrogens is 424 g/mol. The maximum absolute atomic E-state index is 14.3. The standard InChI is InChI=1S/C28H26N4O2/c1-19-27(24(18-31(19)2)20-9-5-4-6-10-20)28(33)32(17-21-11-7-8-12-26(21)34-3)23-13-14-25-22(15-23)16-29-30-25/h4-16,18H,17H2,1-3H3,(H,29,30). The molecule has 0 saturated heterocycles. The Morgan fingerprint density at radius 1 is 1.06 bits per heavy atom. The van der Waals surface area contributed by atoms with Gasteiger partial charge in [0, 0.05) is 41.1 Å². The van der Waals surface area contributed by atoms with Crippen LogP contribution in [0.4, 0.5) is 5.69 Å². The monoisotopic (exact) mass is 450 g/mol. The molecular formula is C28H26N4O2. The number of aromatic nitrogens is 3. The molecule has 0 spiro atoms. The number of aryl methyl sites for hydroxylation is 1. The van der Waals surface area contributed by atoms with Crippen LogP contribution in [0.25, 0.3) is 22.0 Å². The summed E-state index contributed by atoms with van der Waals surface area (Å²) in [6.07, 6.45) is 3.80. The number of hydrogen-bond donors (Lipinski definition) is 1. The fourth-order valence-corrected chi connectivity index (χ4v) is 4.35. The van der Waals surface area contributed by atoms with Gasteiger partial charge in [-0.1, -0.05) is 48.5 Å². The summed E-state index contributed by atoms with van der Waals surface area (Å²) < 4.78 is 7.60. The molecule has 0 aliphatic carbocycles. The first kappa shape index (κ1) is 21.5. The molecule has 1 amide bonds. The molecule has 5 rings (SSSR count). The molecule has 0 bridgehead atoms. The Morgan fingerprint density at radius 3 is 2.62 bits per heavy atom. The molecule has 2 aromatic heterocycles. The fourth-order valence-electron chi connectivity index (χ4n) is 4.35. The number of ether oxygens (including phenoxy) is 1. The molecule has 170 valence electrons. The Bertz CT molecular complexity index is 1470. The van der Waals surface area contributed by atoms with Gasteiger partial charge in [0.05, 0.1) is 30.9 Å². The van der Waals surface area contributed by atoms with E-state index in [1.165, 1.54) is 0 Å². The van der Waals surface area contributed by atoms with Crippen molar-refractivity contribution in [1.82, 2.24) is 14.8 Å². The predicted octanol–water partition coefficient (Wildman–Crippen LogP) is 5.73. The van der Waals surface area contributed by atoms with E-state index >= 15 is 0 Å². The van der Waals surface area contributed by atoms with E-state index < -0.39 is 0 Å². The summed E-state index contributed by atoms with van der Waals surface area (Å²) in [6, 6.07) is 23.7. The van der Waals surface area contributed by atoms with Gasteiger partial charge in [-0.2, -0.15) is 5.10 Å². The molecule has 6 nitrogen and oxygen atoms in total. The van der Waals surface area contributed by atoms with Crippen LogP contribution in [-0.2, 0) is 13.6 Å². The third-order valence-corrected chi connectivity index (χ3v) is 6.28. The first-order chi connectivity index (χ1) is 16.6. The number of H-pyrrole nitrogens is 1. The van der Waals surface area contributed by atoms with Crippen LogP contribution >= 0.6 is 0 Å². The van der Waals surface area contributed by atoms with E-state index in [9.17, 15) is 4.79 Å². The minimum atomic E-state index is -0.0642. The number of benzene rings is 3. The summed E-state index contributed by atoms with van der Waals surface area (Å²) in [5.41, 5.74) is 6.19. The van der Waals surface area contributed by atoms with Crippen molar-refractivity contribution in [1.29, 1.82) is 0 Å². The van der Waals surface area contributed by atoms with Crippen LogP contribution in [0, 0.1) is 6.92 Å². The highest BCUT2D eigenvalue weighted by Crippen LogP contribution is 2.32. The maximum Gasteiger partial charge on any atom is 0.261 e. The minimum Gasteiger partial charge on any atom is -0.496 e. The SMILES string of the molecule is COc1ccccc1CN(C(=O)c1c(-c2ccccc2)cn(C)c1C)c1ccc2[nH]ncc2c1. The molecule has 3 aromatic carbocycles. The third-order valence-electron chi connectivity index (χ3n) is 6.28. The van der Waals surface area contributed by atoms with Crippen LogP contribution in [0.3, 0.4) is 0 Å². The fraction of sp³-hybridized carbons (Fsp3) is 0.143. The normalized spacial score (nSPS) is 11.0. The molecule has 1 N–H and O–H groups in total. The number of methoxy groups -OCH3 is 1. The van der Waals surface area contributed by atoms with Crippen LogP contribution in [0.1, 0.15) is 21.6 Å². The van der Waals surface area contributed by atoms with Crippen molar-refractivity contribution in [3.63, 3.8) is 0 Å². The molecule has 5 aromatic rings. The van der Waals surface area contributed by atoms with Crippen LogP contribution in [0.5, 0.6) is 5.75 Å². The van der Waals surface area contributed by atoms with Crippen molar-refractivity contribution in [2.75, 3.05) is 12.0 Å². The highest BCUT2D eigenvalue weighted by Gasteiger charge is 2.26. The van der Waals surface area contributed by atoms with Crippen LogP contribution in [0.2, 0.25) is 0 Å². The zero-order valence-electron chi connectivity index (χ0n) is 19.4. The number of fused-ring (bicyclic) bond motifs is 1. The largest absolute Gasteiger partial charge is 0.496 e. The molecule has 0 aliphatic rings. The lowest BCUT2D eigenvalue weighted by Gasteiger charge is -2.25. The topological polar surface area (TPSA) is 63.1 Å². The van der Waals surface area contributed by atoms with E-state index in [2.05, 4.69) is 10.2 Å². The first-order valence-corrected chi connectivity index (χ1v) is 11.1. The predicted molar refractivity (Wildman–Crippen MR) is 135 cm³/mol. The summed E-state index contributed by atoms with van der Waals surface area (Å²) in [5.74, 6) is 0.684. The molecule has 0 fully saturated rings. The van der Waals surface area contributed by atoms with Gasteiger partial charge in [-0.25, -0.2) is 0 Å². The van der Waals surface area contributed by atoms with Gasteiger partial charge >= 0.3 is 0 Å². The van der Waals surface area contributed by atoms with Crippen LogP contribution in [-0.4, -0.2) is 27.8 Å². The molecule has 0 saturated carbocycles. The van der Waals surface area contributed by atoms with Crippen molar-refractivity contribution in [2.24, 2.45) is 7.05 Å². The van der Waals surface area contributed by atoms with Gasteiger partial charge in [-0.15, -0.1) is 0 Å². The average molecular weight is 451 g/mol. The van der Waals surface area contributed by atoms with Crippen molar-refractivity contribution in [2.45, 2.75) is 13.5 Å². The maximum atomic E-state index is 14.3. The summed E-state index contributed by atoms with van der Waals surface area (Å²) in [5, 5.41) is 8.06. The zero-order chi connectivity index (χ0) is 23.7. The second-order valence-corrected chi connectivity index (χ2v) is 8.32. The van der Waals surface area contributed by atoms with Gasteiger partial charge in [0.2, 0.25) is 0 Å². The lowest BCUT2D eigenvalue weighted by molar-refractivity contribution is 0.0985. The van der Waals surface area contributed by atoms with Crippen LogP contribution < -0.4 is 9.64 Å². The lowest BCUT2D eigenvalue weighted by Crippen LogP contribution is -2.31. The van der Waals surface area contributed by atoms with Gasteiger partial charge in [0.15, 0.2) is 0 Å². The van der Waals surface area contributed by atoms with E-state index in [4.69, 9.17) is 4.74 Å². The van der Waals surface area contributed by atoms with E-state index in [1.54, 1.807) is 13.3 Å². The van der Waals surface area contributed by atoms with Crippen LogP contribution in [0.15, 0.2) is 85.2 Å². The Balaban J connectivity index is 1.66. The average Bonchev–Trinajstić information content (AvgIpc) is 3.46. The highest BCUT2D eigenvalue weighted by molar-refractivity contribution is 6.11. The van der Waals surface area contributed by atoms with Crippen molar-refractivity contribution < 1.29 is 9.53 Å². The number of rotatable bonds is 6. The number of para-hydroxylation sites is 1. The smallest absolute Gasteiger partial charge is 0.261 e. The van der Waals surface area contributed by atoms with Crippen molar-refractivity contribution in [3.8, 4) is 16.9 Å². The van der Waals surface area contributed by atoms with Gasteiger partial charge in [-0.05, 0) is 36.8 Å². The molecule has 34 heavy (non-hydrogen) atoms. The second-order valence-electron chi connectivity index (χ2n) is 8.32. The lowest BCUT2D eigenvalue weighted by atomic mass is 10.0. The number of aromatic amines is 1. The quantitative estimate of drug-likeness (QED) is 0.359. The number of nitrogens with one attached hydrogen (secondary N) is 1. The summed E-state index contributed by atoms with van der Waals surface area (Å²) in [6.45, 7) is 2.36. The number of amides is 1. The zero-order valence-corrected chi connectivity index (χ0v) is 19.4. The van der Waals surface area contributed by atoms with Gasteiger partial charge in [-0.3, -0.25) is 9.89 Å².